The molecule has 0 spiro atoms. The van der Waals surface area contributed by atoms with Gasteiger partial charge in [-0.1, -0.05) is 49.7 Å². The molecule has 0 saturated heterocycles. The van der Waals surface area contributed by atoms with E-state index in [1.807, 2.05) is 24.3 Å². The van der Waals surface area contributed by atoms with Crippen molar-refractivity contribution in [3.05, 3.63) is 41.0 Å². The van der Waals surface area contributed by atoms with Gasteiger partial charge in [0.1, 0.15) is 6.29 Å². The van der Waals surface area contributed by atoms with Crippen LogP contribution in [0.4, 0.5) is 0 Å². The summed E-state index contributed by atoms with van der Waals surface area (Å²) < 4.78 is 0. The van der Waals surface area contributed by atoms with E-state index in [9.17, 15) is 4.79 Å². The van der Waals surface area contributed by atoms with Crippen LogP contribution < -0.4 is 0 Å². The Balaban J connectivity index is 3.04. The highest BCUT2D eigenvalue weighted by Gasteiger charge is 2.03. The zero-order valence-electron chi connectivity index (χ0n) is 9.25. The van der Waals surface area contributed by atoms with E-state index in [-0.39, 0.29) is 0 Å². The van der Waals surface area contributed by atoms with Gasteiger partial charge >= 0.3 is 0 Å². The van der Waals surface area contributed by atoms with Crippen LogP contribution in [0.1, 0.15) is 37.8 Å². The molecule has 0 aliphatic rings. The number of allylic oxidation sites excluding steroid dienone is 1. The minimum atomic E-state index is 0.508. The SMILES string of the molecule is CC(C=O)=C(Cl)c1ccc(C(C)C)cc1. The van der Waals surface area contributed by atoms with Crippen molar-refractivity contribution in [3.8, 4) is 0 Å². The van der Waals surface area contributed by atoms with Gasteiger partial charge in [-0.25, -0.2) is 0 Å². The molecule has 1 rings (SSSR count). The highest BCUT2D eigenvalue weighted by molar-refractivity contribution is 6.50. The Hall–Kier alpha value is -1.08. The molecule has 0 aliphatic carbocycles. The first-order valence-electron chi connectivity index (χ1n) is 4.98. The topological polar surface area (TPSA) is 17.1 Å². The molecule has 0 fully saturated rings. The zero-order valence-corrected chi connectivity index (χ0v) is 10.0. The molecule has 1 aromatic carbocycles. The van der Waals surface area contributed by atoms with Gasteiger partial charge in [0.25, 0.3) is 0 Å². The molecule has 1 aromatic rings. The average Bonchev–Trinajstić information content (AvgIpc) is 2.27. The normalized spacial score (nSPS) is 12.6. The van der Waals surface area contributed by atoms with Crippen molar-refractivity contribution < 1.29 is 4.79 Å². The molecule has 0 amide bonds. The Bertz CT molecular complexity index is 374. The van der Waals surface area contributed by atoms with Crippen LogP contribution in [0, 0.1) is 0 Å². The molecule has 0 bridgehead atoms. The highest BCUT2D eigenvalue weighted by Crippen LogP contribution is 2.24. The van der Waals surface area contributed by atoms with Crippen LogP contribution in [0.3, 0.4) is 0 Å². The Morgan fingerprint density at radius 3 is 2.20 bits per heavy atom. The van der Waals surface area contributed by atoms with E-state index in [2.05, 4.69) is 13.8 Å². The van der Waals surface area contributed by atoms with E-state index in [1.54, 1.807) is 6.92 Å². The smallest absolute Gasteiger partial charge is 0.147 e. The van der Waals surface area contributed by atoms with E-state index in [0.717, 1.165) is 11.8 Å². The number of hydrogen-bond acceptors (Lipinski definition) is 1. The van der Waals surface area contributed by atoms with Crippen LogP contribution in [0.25, 0.3) is 5.03 Å². The van der Waals surface area contributed by atoms with E-state index in [1.165, 1.54) is 5.56 Å². The van der Waals surface area contributed by atoms with Crippen molar-refractivity contribution in [1.29, 1.82) is 0 Å². The molecule has 0 aromatic heterocycles. The molecular weight excluding hydrogens is 208 g/mol. The standard InChI is InChI=1S/C13H15ClO/c1-9(2)11-4-6-12(7-5-11)13(14)10(3)8-15/h4-9H,1-3H3. The quantitative estimate of drug-likeness (QED) is 0.559. The van der Waals surface area contributed by atoms with Crippen LogP contribution in [0.5, 0.6) is 0 Å². The molecule has 1 nitrogen and oxygen atoms in total. The highest BCUT2D eigenvalue weighted by atomic mass is 35.5. The Morgan fingerprint density at radius 1 is 1.27 bits per heavy atom. The molecule has 0 atom stereocenters. The lowest BCUT2D eigenvalue weighted by Crippen LogP contribution is -1.88. The van der Waals surface area contributed by atoms with Gasteiger partial charge in [-0.3, -0.25) is 4.79 Å². The molecule has 0 saturated carbocycles. The summed E-state index contributed by atoms with van der Waals surface area (Å²) in [6, 6.07) is 7.98. The van der Waals surface area contributed by atoms with Gasteiger partial charge in [0.15, 0.2) is 0 Å². The summed E-state index contributed by atoms with van der Waals surface area (Å²) in [5, 5.41) is 0.528. The molecule has 0 N–H and O–H groups in total. The second-order valence-electron chi connectivity index (χ2n) is 3.89. The number of benzene rings is 1. The van der Waals surface area contributed by atoms with Crippen LogP contribution in [-0.4, -0.2) is 6.29 Å². The number of carbonyl (C=O) groups is 1. The number of halogens is 1. The molecule has 15 heavy (non-hydrogen) atoms. The van der Waals surface area contributed by atoms with E-state index < -0.39 is 0 Å². The summed E-state index contributed by atoms with van der Waals surface area (Å²) in [6.07, 6.45) is 0.776. The van der Waals surface area contributed by atoms with Crippen LogP contribution in [0.15, 0.2) is 29.8 Å². The fourth-order valence-corrected chi connectivity index (χ4v) is 1.46. The molecule has 80 valence electrons. The first kappa shape index (κ1) is 12.0. The largest absolute Gasteiger partial charge is 0.298 e. The summed E-state index contributed by atoms with van der Waals surface area (Å²) in [5.74, 6) is 0.508. The van der Waals surface area contributed by atoms with Gasteiger partial charge < -0.3 is 0 Å². The minimum absolute atomic E-state index is 0.508. The minimum Gasteiger partial charge on any atom is -0.298 e. The van der Waals surface area contributed by atoms with Crippen molar-refractivity contribution in [2.45, 2.75) is 26.7 Å². The van der Waals surface area contributed by atoms with Gasteiger partial charge in [0.05, 0.1) is 5.03 Å². The third-order valence-electron chi connectivity index (χ3n) is 2.35. The lowest BCUT2D eigenvalue weighted by Gasteiger charge is -2.06. The van der Waals surface area contributed by atoms with E-state index in [4.69, 9.17) is 11.6 Å². The number of aldehydes is 1. The fourth-order valence-electron chi connectivity index (χ4n) is 1.29. The summed E-state index contributed by atoms with van der Waals surface area (Å²) in [4.78, 5) is 10.6. The van der Waals surface area contributed by atoms with Crippen LogP contribution >= 0.6 is 11.6 Å². The second kappa shape index (κ2) is 5.13. The van der Waals surface area contributed by atoms with Gasteiger partial charge in [0.2, 0.25) is 0 Å². The van der Waals surface area contributed by atoms with E-state index in [0.29, 0.717) is 16.5 Å². The lowest BCUT2D eigenvalue weighted by atomic mass is 10.0. The van der Waals surface area contributed by atoms with Crippen molar-refractivity contribution in [2.75, 3.05) is 0 Å². The van der Waals surface area contributed by atoms with Gasteiger partial charge in [-0.05, 0) is 24.0 Å². The molecule has 0 heterocycles. The molecule has 0 radical (unpaired) electrons. The average molecular weight is 223 g/mol. The van der Waals surface area contributed by atoms with Crippen molar-refractivity contribution in [2.24, 2.45) is 0 Å². The maximum absolute atomic E-state index is 10.6. The lowest BCUT2D eigenvalue weighted by molar-refractivity contribution is -0.104. The molecule has 0 aliphatic heterocycles. The fraction of sp³-hybridized carbons (Fsp3) is 0.308. The molecular formula is C13H15ClO. The number of hydrogen-bond donors (Lipinski definition) is 0. The second-order valence-corrected chi connectivity index (χ2v) is 4.27. The van der Waals surface area contributed by atoms with Crippen molar-refractivity contribution in [3.63, 3.8) is 0 Å². The zero-order chi connectivity index (χ0) is 11.4. The summed E-state index contributed by atoms with van der Waals surface area (Å²) in [6.45, 7) is 6.00. The molecule has 0 unspecified atom stereocenters. The summed E-state index contributed by atoms with van der Waals surface area (Å²) >= 11 is 6.04. The maximum Gasteiger partial charge on any atom is 0.147 e. The Kier molecular flexibility index (Phi) is 4.10. The third kappa shape index (κ3) is 2.93. The first-order valence-corrected chi connectivity index (χ1v) is 5.36. The van der Waals surface area contributed by atoms with Crippen molar-refractivity contribution >= 4 is 22.9 Å². The monoisotopic (exact) mass is 222 g/mol. The van der Waals surface area contributed by atoms with E-state index >= 15 is 0 Å². The number of rotatable bonds is 3. The van der Waals surface area contributed by atoms with Gasteiger partial charge in [-0.15, -0.1) is 0 Å². The predicted molar refractivity (Wildman–Crippen MR) is 65.0 cm³/mol. The molecule has 2 heteroatoms. The third-order valence-corrected chi connectivity index (χ3v) is 2.87. The number of carbonyl (C=O) groups excluding carboxylic acids is 1. The summed E-state index contributed by atoms with van der Waals surface area (Å²) in [7, 11) is 0. The van der Waals surface area contributed by atoms with Gasteiger partial charge in [-0.2, -0.15) is 0 Å². The summed E-state index contributed by atoms with van der Waals surface area (Å²) in [5.41, 5.74) is 2.73. The van der Waals surface area contributed by atoms with Crippen LogP contribution in [0.2, 0.25) is 0 Å². The predicted octanol–water partition coefficient (Wildman–Crippen LogP) is 3.98. The maximum atomic E-state index is 10.6. The Labute approximate surface area is 95.8 Å². The first-order chi connectivity index (χ1) is 7.06. The Morgan fingerprint density at radius 2 is 1.80 bits per heavy atom. The van der Waals surface area contributed by atoms with Crippen molar-refractivity contribution in [1.82, 2.24) is 0 Å². The van der Waals surface area contributed by atoms with Crippen LogP contribution in [-0.2, 0) is 4.79 Å². The van der Waals surface area contributed by atoms with Gasteiger partial charge in [0, 0.05) is 5.57 Å².